The van der Waals surface area contributed by atoms with E-state index >= 15 is 0 Å². The van der Waals surface area contributed by atoms with Crippen molar-refractivity contribution in [1.29, 1.82) is 0 Å². The first kappa shape index (κ1) is 23.7. The number of nitrogens with zero attached hydrogens (tertiary/aromatic N) is 3. The Morgan fingerprint density at radius 3 is 2.14 bits per heavy atom. The smallest absolute Gasteiger partial charge is 0.357 e. The largest absolute Gasteiger partial charge is 0.465 e. The van der Waals surface area contributed by atoms with Gasteiger partial charge >= 0.3 is 11.9 Å². The minimum Gasteiger partial charge on any atom is -0.465 e. The molecule has 0 amide bonds. The molecule has 0 aliphatic carbocycles. The normalized spacial score (nSPS) is 10.6. The predicted molar refractivity (Wildman–Crippen MR) is 129 cm³/mol. The Morgan fingerprint density at radius 1 is 0.914 bits per heavy atom. The van der Waals surface area contributed by atoms with Gasteiger partial charge in [-0.3, -0.25) is 10.1 Å². The molecule has 0 aliphatic heterocycles. The van der Waals surface area contributed by atoms with Crippen LogP contribution in [0.4, 0.5) is 5.69 Å². The zero-order chi connectivity index (χ0) is 24.9. The molecule has 0 N–H and O–H groups in total. The van der Waals surface area contributed by atoms with Gasteiger partial charge in [0.15, 0.2) is 5.69 Å². The Kier molecular flexibility index (Phi) is 6.93. The number of benzene rings is 3. The maximum absolute atomic E-state index is 12.8. The molecule has 0 unspecified atom stereocenters. The zero-order valence-corrected chi connectivity index (χ0v) is 19.5. The Labute approximate surface area is 204 Å². The number of para-hydroxylation sites is 1. The van der Waals surface area contributed by atoms with E-state index in [1.807, 2.05) is 30.3 Å². The molecule has 0 saturated heterocycles. The third-order valence-electron chi connectivity index (χ3n) is 5.05. The molecule has 9 nitrogen and oxygen atoms in total. The Morgan fingerprint density at radius 2 is 1.54 bits per heavy atom. The van der Waals surface area contributed by atoms with Crippen molar-refractivity contribution in [3.63, 3.8) is 0 Å². The first-order valence-electron chi connectivity index (χ1n) is 10.3. The summed E-state index contributed by atoms with van der Waals surface area (Å²) >= 11 is 1.24. The molecular formula is C25H19N3O6S. The third-order valence-corrected chi connectivity index (χ3v) is 6.13. The summed E-state index contributed by atoms with van der Waals surface area (Å²) in [5.74, 6) is -1.63. The molecule has 1 aromatic heterocycles. The first-order valence-corrected chi connectivity index (χ1v) is 11.1. The fraction of sp³-hybridized carbons (Fsp3) is 0.0800. The molecule has 0 saturated carbocycles. The number of carbonyl (C=O) groups excluding carboxylic acids is 2. The van der Waals surface area contributed by atoms with E-state index in [0.29, 0.717) is 10.6 Å². The van der Waals surface area contributed by atoms with Gasteiger partial charge in [-0.15, -0.1) is 0 Å². The van der Waals surface area contributed by atoms with Gasteiger partial charge in [0.2, 0.25) is 0 Å². The van der Waals surface area contributed by atoms with Crippen LogP contribution in [0.1, 0.15) is 20.8 Å². The highest BCUT2D eigenvalue weighted by molar-refractivity contribution is 7.99. The molecular weight excluding hydrogens is 470 g/mol. The monoisotopic (exact) mass is 489 g/mol. The minimum absolute atomic E-state index is 0.0560. The Bertz CT molecular complexity index is 1400. The standard InChI is InChI=1S/C25H19N3O6S/c1-33-24(29)21-22(26-27(23(21)25(30)34-2)17-9-5-3-6-10-17)16-13-14-20(19(15-16)28(31)32)35-18-11-7-4-8-12-18/h3-15H,1-2H3. The van der Waals surface area contributed by atoms with Crippen LogP contribution >= 0.6 is 11.8 Å². The number of esters is 2. The van der Waals surface area contributed by atoms with Crippen molar-refractivity contribution in [2.75, 3.05) is 14.2 Å². The molecule has 35 heavy (non-hydrogen) atoms. The lowest BCUT2D eigenvalue weighted by Crippen LogP contribution is -2.15. The van der Waals surface area contributed by atoms with Crippen LogP contribution in [0.2, 0.25) is 0 Å². The zero-order valence-electron chi connectivity index (χ0n) is 18.7. The number of aromatic nitrogens is 2. The topological polar surface area (TPSA) is 114 Å². The van der Waals surface area contributed by atoms with Gasteiger partial charge in [-0.25, -0.2) is 14.3 Å². The van der Waals surface area contributed by atoms with Crippen molar-refractivity contribution in [3.8, 4) is 16.9 Å². The van der Waals surface area contributed by atoms with Crippen molar-refractivity contribution in [1.82, 2.24) is 9.78 Å². The lowest BCUT2D eigenvalue weighted by molar-refractivity contribution is -0.387. The van der Waals surface area contributed by atoms with Gasteiger partial charge in [-0.1, -0.05) is 54.2 Å². The number of rotatable bonds is 7. The van der Waals surface area contributed by atoms with Gasteiger partial charge in [-0.05, 0) is 30.3 Å². The maximum Gasteiger partial charge on any atom is 0.357 e. The van der Waals surface area contributed by atoms with Gasteiger partial charge in [0.25, 0.3) is 5.69 Å². The number of ether oxygens (including phenoxy) is 2. The lowest BCUT2D eigenvalue weighted by Gasteiger charge is -2.07. The molecule has 3 aromatic carbocycles. The Hall–Kier alpha value is -4.44. The second kappa shape index (κ2) is 10.2. The predicted octanol–water partition coefficient (Wildman–Crippen LogP) is 5.17. The van der Waals surface area contributed by atoms with Crippen LogP contribution in [0.25, 0.3) is 16.9 Å². The van der Waals surface area contributed by atoms with E-state index in [2.05, 4.69) is 5.10 Å². The summed E-state index contributed by atoms with van der Waals surface area (Å²) in [5, 5.41) is 16.4. The number of methoxy groups -OCH3 is 2. The molecule has 0 bridgehead atoms. The summed E-state index contributed by atoms with van der Waals surface area (Å²) < 4.78 is 11.1. The summed E-state index contributed by atoms with van der Waals surface area (Å²) in [6, 6.07) is 22.5. The van der Waals surface area contributed by atoms with Gasteiger partial charge in [-0.2, -0.15) is 5.10 Å². The lowest BCUT2D eigenvalue weighted by atomic mass is 10.0. The highest BCUT2D eigenvalue weighted by Crippen LogP contribution is 2.38. The summed E-state index contributed by atoms with van der Waals surface area (Å²) in [6.07, 6.45) is 0. The average molecular weight is 490 g/mol. The van der Waals surface area contributed by atoms with E-state index in [1.165, 1.54) is 36.7 Å². The molecule has 0 aliphatic rings. The van der Waals surface area contributed by atoms with Crippen LogP contribution in [-0.2, 0) is 9.47 Å². The first-order chi connectivity index (χ1) is 16.9. The van der Waals surface area contributed by atoms with Crippen LogP contribution in [0.3, 0.4) is 0 Å². The van der Waals surface area contributed by atoms with Crippen molar-refractivity contribution >= 4 is 29.4 Å². The van der Waals surface area contributed by atoms with E-state index in [1.54, 1.807) is 42.5 Å². The van der Waals surface area contributed by atoms with Crippen LogP contribution < -0.4 is 0 Å². The molecule has 0 radical (unpaired) electrons. The minimum atomic E-state index is -0.826. The highest BCUT2D eigenvalue weighted by atomic mass is 32.2. The van der Waals surface area contributed by atoms with Crippen molar-refractivity contribution < 1.29 is 24.0 Å². The van der Waals surface area contributed by atoms with Crippen LogP contribution in [0.5, 0.6) is 0 Å². The van der Waals surface area contributed by atoms with E-state index in [0.717, 1.165) is 4.90 Å². The van der Waals surface area contributed by atoms with Crippen molar-refractivity contribution in [2.24, 2.45) is 0 Å². The van der Waals surface area contributed by atoms with Gasteiger partial charge in [0, 0.05) is 16.5 Å². The number of nitro groups is 1. The number of hydrogen-bond acceptors (Lipinski definition) is 8. The second-order valence-corrected chi connectivity index (χ2v) is 8.27. The van der Waals surface area contributed by atoms with Crippen molar-refractivity contribution in [3.05, 3.63) is 100 Å². The SMILES string of the molecule is COC(=O)c1c(-c2ccc(Sc3ccccc3)c([N+](=O)[O-])c2)nn(-c2ccccc2)c1C(=O)OC. The van der Waals surface area contributed by atoms with Gasteiger partial charge in [0.1, 0.15) is 11.3 Å². The van der Waals surface area contributed by atoms with Crippen LogP contribution in [-0.4, -0.2) is 40.9 Å². The second-order valence-electron chi connectivity index (χ2n) is 7.16. The fourth-order valence-electron chi connectivity index (χ4n) is 3.47. The van der Waals surface area contributed by atoms with Crippen molar-refractivity contribution in [2.45, 2.75) is 9.79 Å². The molecule has 0 spiro atoms. The maximum atomic E-state index is 12.8. The quantitative estimate of drug-likeness (QED) is 0.198. The van der Waals surface area contributed by atoms with E-state index < -0.39 is 16.9 Å². The molecule has 0 atom stereocenters. The van der Waals surface area contributed by atoms with E-state index in [-0.39, 0.29) is 28.2 Å². The van der Waals surface area contributed by atoms with E-state index in [4.69, 9.17) is 9.47 Å². The Balaban J connectivity index is 1.93. The summed E-state index contributed by atoms with van der Waals surface area (Å²) in [4.78, 5) is 38.2. The van der Waals surface area contributed by atoms with Crippen LogP contribution in [0.15, 0.2) is 88.7 Å². The molecule has 1 heterocycles. The van der Waals surface area contributed by atoms with Gasteiger partial charge < -0.3 is 9.47 Å². The molecule has 10 heteroatoms. The molecule has 4 rings (SSSR count). The summed E-state index contributed by atoms with van der Waals surface area (Å²) in [7, 11) is 2.36. The number of hydrogen-bond donors (Lipinski definition) is 0. The highest BCUT2D eigenvalue weighted by Gasteiger charge is 2.32. The molecule has 176 valence electrons. The number of carbonyl (C=O) groups is 2. The molecule has 4 aromatic rings. The average Bonchev–Trinajstić information content (AvgIpc) is 3.29. The third kappa shape index (κ3) is 4.78. The number of nitro benzene ring substituents is 1. The summed E-state index contributed by atoms with van der Waals surface area (Å²) in [6.45, 7) is 0. The fourth-order valence-corrected chi connectivity index (χ4v) is 4.39. The van der Waals surface area contributed by atoms with Gasteiger partial charge in [0.05, 0.1) is 29.7 Å². The van der Waals surface area contributed by atoms with E-state index in [9.17, 15) is 19.7 Å². The van der Waals surface area contributed by atoms with Crippen LogP contribution in [0, 0.1) is 10.1 Å². The molecule has 0 fully saturated rings. The summed E-state index contributed by atoms with van der Waals surface area (Å²) in [5.41, 5.74) is 0.359.